The lowest BCUT2D eigenvalue weighted by Crippen LogP contribution is -2.23. The third-order valence-electron chi connectivity index (χ3n) is 5.79. The van der Waals surface area contributed by atoms with Crippen molar-refractivity contribution in [1.82, 2.24) is 19.9 Å². The number of ether oxygens (including phenoxy) is 2. The molecule has 3 aromatic rings. The van der Waals surface area contributed by atoms with Gasteiger partial charge in [0.25, 0.3) is 0 Å². The maximum Gasteiger partial charge on any atom is 0.223 e. The number of aromatic amines is 1. The molecule has 2 N–H and O–H groups in total. The molecule has 2 aliphatic rings. The topological polar surface area (TPSA) is 85.0 Å². The molecular weight excluding hydrogens is 409 g/mol. The van der Waals surface area contributed by atoms with Gasteiger partial charge in [0.2, 0.25) is 12.2 Å². The summed E-state index contributed by atoms with van der Waals surface area (Å²) in [6.45, 7) is 4.71. The highest BCUT2D eigenvalue weighted by Crippen LogP contribution is 2.33. The quantitative estimate of drug-likeness (QED) is 0.548. The molecule has 7 nitrogen and oxygen atoms in total. The SMILES string of the molecule is C=C1COC(c2nc(-c3ccc(F)cc3)c(-c3ccnc(NC4CCCCC4)n3)[nH]2)OC1. The van der Waals surface area contributed by atoms with Crippen molar-refractivity contribution in [3.05, 3.63) is 60.3 Å². The van der Waals surface area contributed by atoms with Gasteiger partial charge in [0.15, 0.2) is 5.82 Å². The van der Waals surface area contributed by atoms with Crippen LogP contribution in [0.15, 0.2) is 48.7 Å². The second kappa shape index (κ2) is 9.18. The fraction of sp³-hybridized carbons (Fsp3) is 0.375. The lowest BCUT2D eigenvalue weighted by atomic mass is 9.96. The highest BCUT2D eigenvalue weighted by atomic mass is 19.1. The van der Waals surface area contributed by atoms with E-state index in [0.717, 1.165) is 24.0 Å². The number of benzene rings is 1. The van der Waals surface area contributed by atoms with Crippen molar-refractivity contribution in [2.45, 2.75) is 44.4 Å². The first kappa shape index (κ1) is 20.8. The molecule has 0 unspecified atom stereocenters. The van der Waals surface area contributed by atoms with Gasteiger partial charge in [-0.2, -0.15) is 0 Å². The number of aromatic nitrogens is 4. The van der Waals surface area contributed by atoms with Crippen LogP contribution in [0.25, 0.3) is 22.6 Å². The van der Waals surface area contributed by atoms with E-state index in [2.05, 4.69) is 21.9 Å². The molecule has 1 saturated carbocycles. The van der Waals surface area contributed by atoms with Crippen LogP contribution in [0.5, 0.6) is 0 Å². The molecular formula is C24H26FN5O2. The summed E-state index contributed by atoms with van der Waals surface area (Å²) in [5.41, 5.74) is 3.69. The molecule has 1 aliphatic carbocycles. The number of nitrogens with one attached hydrogen (secondary N) is 2. The molecule has 2 aromatic heterocycles. The second-order valence-electron chi connectivity index (χ2n) is 8.30. The Balaban J connectivity index is 1.49. The number of H-pyrrole nitrogens is 1. The summed E-state index contributed by atoms with van der Waals surface area (Å²) < 4.78 is 25.0. The first-order valence-electron chi connectivity index (χ1n) is 11.0. The Labute approximate surface area is 186 Å². The Morgan fingerprint density at radius 3 is 2.50 bits per heavy atom. The van der Waals surface area contributed by atoms with Crippen LogP contribution in [0.3, 0.4) is 0 Å². The minimum atomic E-state index is -0.630. The van der Waals surface area contributed by atoms with E-state index in [0.29, 0.717) is 48.1 Å². The fourth-order valence-electron chi connectivity index (χ4n) is 4.14. The monoisotopic (exact) mass is 435 g/mol. The van der Waals surface area contributed by atoms with Crippen molar-refractivity contribution in [1.29, 1.82) is 0 Å². The van der Waals surface area contributed by atoms with Crippen LogP contribution >= 0.6 is 0 Å². The zero-order chi connectivity index (χ0) is 21.9. The number of imidazole rings is 1. The van der Waals surface area contributed by atoms with Crippen LogP contribution in [-0.2, 0) is 9.47 Å². The number of nitrogens with zero attached hydrogens (tertiary/aromatic N) is 3. The molecule has 0 amide bonds. The maximum atomic E-state index is 13.5. The largest absolute Gasteiger partial charge is 0.351 e. The van der Waals surface area contributed by atoms with Gasteiger partial charge in [0.1, 0.15) is 5.82 Å². The highest BCUT2D eigenvalue weighted by molar-refractivity contribution is 5.77. The van der Waals surface area contributed by atoms with Crippen LogP contribution < -0.4 is 5.32 Å². The van der Waals surface area contributed by atoms with Crippen molar-refractivity contribution in [2.24, 2.45) is 0 Å². The molecule has 166 valence electrons. The molecule has 0 bridgehead atoms. The maximum absolute atomic E-state index is 13.5. The molecule has 8 heteroatoms. The number of rotatable bonds is 5. The summed E-state index contributed by atoms with van der Waals surface area (Å²) >= 11 is 0. The smallest absolute Gasteiger partial charge is 0.223 e. The van der Waals surface area contributed by atoms with E-state index < -0.39 is 6.29 Å². The summed E-state index contributed by atoms with van der Waals surface area (Å²) in [5, 5.41) is 3.47. The minimum absolute atomic E-state index is 0.301. The average molecular weight is 436 g/mol. The molecule has 5 rings (SSSR count). The molecule has 1 aliphatic heterocycles. The minimum Gasteiger partial charge on any atom is -0.351 e. The molecule has 0 atom stereocenters. The zero-order valence-electron chi connectivity index (χ0n) is 17.8. The van der Waals surface area contributed by atoms with E-state index in [1.807, 2.05) is 6.07 Å². The Hall–Kier alpha value is -3.10. The molecule has 1 saturated heterocycles. The van der Waals surface area contributed by atoms with Crippen molar-refractivity contribution in [3.8, 4) is 22.6 Å². The van der Waals surface area contributed by atoms with Crippen molar-refractivity contribution >= 4 is 5.95 Å². The Morgan fingerprint density at radius 1 is 1.00 bits per heavy atom. The molecule has 1 aromatic carbocycles. The Bertz CT molecular complexity index is 1080. The standard InChI is InChI=1S/C24H26FN5O2/c1-15-13-31-23(32-14-15)22-29-20(16-7-9-17(25)10-8-16)21(30-22)19-11-12-26-24(28-19)27-18-5-3-2-4-6-18/h7-12,18,23H,1-6,13-14H2,(H,29,30)(H,26,27,28). The summed E-state index contributed by atoms with van der Waals surface area (Å²) in [7, 11) is 0. The molecule has 32 heavy (non-hydrogen) atoms. The van der Waals surface area contributed by atoms with Gasteiger partial charge in [-0.05, 0) is 48.7 Å². The van der Waals surface area contributed by atoms with Crippen LogP contribution in [0.4, 0.5) is 10.3 Å². The summed E-state index contributed by atoms with van der Waals surface area (Å²) in [6, 6.07) is 8.46. The molecule has 3 heterocycles. The predicted molar refractivity (Wildman–Crippen MR) is 119 cm³/mol. The summed E-state index contributed by atoms with van der Waals surface area (Å²) in [4.78, 5) is 17.2. The van der Waals surface area contributed by atoms with Crippen molar-refractivity contribution < 1.29 is 13.9 Å². The second-order valence-corrected chi connectivity index (χ2v) is 8.30. The third kappa shape index (κ3) is 4.56. The average Bonchev–Trinajstić information content (AvgIpc) is 3.26. The summed E-state index contributed by atoms with van der Waals surface area (Å²) in [5.74, 6) is 0.828. The van der Waals surface area contributed by atoms with Gasteiger partial charge >= 0.3 is 0 Å². The first-order valence-corrected chi connectivity index (χ1v) is 11.0. The number of hydrogen-bond acceptors (Lipinski definition) is 6. The van der Waals surface area contributed by atoms with E-state index in [1.54, 1.807) is 18.3 Å². The first-order chi connectivity index (χ1) is 15.7. The van der Waals surface area contributed by atoms with Gasteiger partial charge < -0.3 is 19.8 Å². The van der Waals surface area contributed by atoms with Crippen molar-refractivity contribution in [3.63, 3.8) is 0 Å². The van der Waals surface area contributed by atoms with Crippen LogP contribution in [0.2, 0.25) is 0 Å². The number of hydrogen-bond donors (Lipinski definition) is 2. The van der Waals surface area contributed by atoms with E-state index in [-0.39, 0.29) is 5.82 Å². The van der Waals surface area contributed by atoms with Gasteiger partial charge in [-0.25, -0.2) is 19.3 Å². The number of anilines is 1. The predicted octanol–water partition coefficient (Wildman–Crippen LogP) is 5.02. The van der Waals surface area contributed by atoms with Crippen molar-refractivity contribution in [2.75, 3.05) is 18.5 Å². The van der Waals surface area contributed by atoms with Gasteiger partial charge in [-0.1, -0.05) is 25.8 Å². The Kier molecular flexibility index (Phi) is 5.96. The zero-order valence-corrected chi connectivity index (χ0v) is 17.8. The van der Waals surface area contributed by atoms with E-state index >= 15 is 0 Å². The van der Waals surface area contributed by atoms with E-state index in [9.17, 15) is 4.39 Å². The van der Waals surface area contributed by atoms with Gasteiger partial charge in [0, 0.05) is 17.8 Å². The van der Waals surface area contributed by atoms with Gasteiger partial charge in [-0.15, -0.1) is 0 Å². The highest BCUT2D eigenvalue weighted by Gasteiger charge is 2.25. The normalized spacial score (nSPS) is 18.1. The number of halogens is 1. The fourth-order valence-corrected chi connectivity index (χ4v) is 4.14. The Morgan fingerprint density at radius 2 is 1.75 bits per heavy atom. The van der Waals surface area contributed by atoms with Crippen LogP contribution in [-0.4, -0.2) is 39.2 Å². The molecule has 0 spiro atoms. The van der Waals surface area contributed by atoms with E-state index in [4.69, 9.17) is 19.4 Å². The van der Waals surface area contributed by atoms with Crippen LogP contribution in [0, 0.1) is 5.82 Å². The van der Waals surface area contributed by atoms with Gasteiger partial charge in [-0.3, -0.25) is 0 Å². The lowest BCUT2D eigenvalue weighted by Gasteiger charge is -2.23. The third-order valence-corrected chi connectivity index (χ3v) is 5.79. The molecule has 2 fully saturated rings. The summed E-state index contributed by atoms with van der Waals surface area (Å²) in [6.07, 6.45) is 7.10. The van der Waals surface area contributed by atoms with Gasteiger partial charge in [0.05, 0.1) is 30.3 Å². The van der Waals surface area contributed by atoms with E-state index in [1.165, 1.54) is 31.4 Å². The van der Waals surface area contributed by atoms with Crippen LogP contribution in [0.1, 0.15) is 44.2 Å². The molecule has 0 radical (unpaired) electrons. The lowest BCUT2D eigenvalue weighted by molar-refractivity contribution is -0.165.